The number of rotatable bonds is 5. The first-order valence-electron chi connectivity index (χ1n) is 7.31. The molecule has 0 aliphatic rings. The van der Waals surface area contributed by atoms with E-state index in [9.17, 15) is 0 Å². The molecule has 3 rings (SSSR count). The molecule has 0 fully saturated rings. The number of hydrogen-bond acceptors (Lipinski definition) is 3. The number of benzene rings is 1. The summed E-state index contributed by atoms with van der Waals surface area (Å²) < 4.78 is 2.27. The molecule has 1 aromatic carbocycles. The van der Waals surface area contributed by atoms with Crippen LogP contribution in [0.15, 0.2) is 48.8 Å². The van der Waals surface area contributed by atoms with E-state index >= 15 is 0 Å². The molecular formula is C17H20N4. The van der Waals surface area contributed by atoms with E-state index in [-0.39, 0.29) is 0 Å². The maximum atomic E-state index is 4.60. The van der Waals surface area contributed by atoms with Crippen molar-refractivity contribution in [3.63, 3.8) is 0 Å². The Morgan fingerprint density at radius 3 is 2.71 bits per heavy atom. The van der Waals surface area contributed by atoms with Crippen LogP contribution >= 0.6 is 0 Å². The number of aryl methyl sites for hydroxylation is 1. The third-order valence-corrected chi connectivity index (χ3v) is 3.84. The Labute approximate surface area is 124 Å². The van der Waals surface area contributed by atoms with Gasteiger partial charge in [-0.15, -0.1) is 0 Å². The molecule has 0 saturated carbocycles. The first-order valence-corrected chi connectivity index (χ1v) is 7.31. The van der Waals surface area contributed by atoms with Crippen molar-refractivity contribution in [2.24, 2.45) is 0 Å². The number of hydrogen-bond donors (Lipinski definition) is 1. The van der Waals surface area contributed by atoms with E-state index in [0.29, 0.717) is 6.04 Å². The summed E-state index contributed by atoms with van der Waals surface area (Å²) in [5.74, 6) is 1.06. The van der Waals surface area contributed by atoms with Crippen LogP contribution in [-0.4, -0.2) is 21.1 Å². The highest BCUT2D eigenvalue weighted by molar-refractivity contribution is 5.75. The minimum atomic E-state index is 0.322. The van der Waals surface area contributed by atoms with Crippen LogP contribution in [-0.2, 0) is 6.54 Å². The van der Waals surface area contributed by atoms with Crippen LogP contribution in [0.3, 0.4) is 0 Å². The summed E-state index contributed by atoms with van der Waals surface area (Å²) in [5.41, 5.74) is 3.53. The Morgan fingerprint density at radius 1 is 1.14 bits per heavy atom. The largest absolute Gasteiger partial charge is 0.327 e. The summed E-state index contributed by atoms with van der Waals surface area (Å²) >= 11 is 0. The van der Waals surface area contributed by atoms with Crippen molar-refractivity contribution in [3.05, 3.63) is 60.2 Å². The van der Waals surface area contributed by atoms with Gasteiger partial charge in [0.1, 0.15) is 5.82 Å². The lowest BCUT2D eigenvalue weighted by Crippen LogP contribution is -2.23. The van der Waals surface area contributed by atoms with Crippen LogP contribution < -0.4 is 5.32 Å². The maximum absolute atomic E-state index is 4.60. The van der Waals surface area contributed by atoms with Crippen LogP contribution in [0.2, 0.25) is 0 Å². The van der Waals surface area contributed by atoms with Gasteiger partial charge in [-0.1, -0.05) is 12.1 Å². The lowest BCUT2D eigenvalue weighted by Gasteiger charge is -2.15. The van der Waals surface area contributed by atoms with E-state index in [2.05, 4.69) is 64.0 Å². The molecule has 0 aliphatic carbocycles. The molecule has 1 N–H and O–H groups in total. The van der Waals surface area contributed by atoms with Gasteiger partial charge in [-0.3, -0.25) is 4.98 Å². The minimum Gasteiger partial charge on any atom is -0.327 e. The molecule has 2 heterocycles. The molecule has 1 unspecified atom stereocenters. The summed E-state index contributed by atoms with van der Waals surface area (Å²) in [7, 11) is 0. The molecule has 0 radical (unpaired) electrons. The number of imidazole rings is 1. The molecule has 0 amide bonds. The molecule has 108 valence electrons. The van der Waals surface area contributed by atoms with Crippen molar-refractivity contribution in [2.45, 2.75) is 26.4 Å². The number of aromatic nitrogens is 3. The summed E-state index contributed by atoms with van der Waals surface area (Å²) in [6.45, 7) is 6.06. The Balaban J connectivity index is 1.66. The Morgan fingerprint density at radius 2 is 1.90 bits per heavy atom. The van der Waals surface area contributed by atoms with E-state index in [4.69, 9.17) is 0 Å². The molecule has 4 heteroatoms. The normalized spacial score (nSPS) is 12.7. The summed E-state index contributed by atoms with van der Waals surface area (Å²) in [5, 5.41) is 3.55. The smallest absolute Gasteiger partial charge is 0.106 e. The third kappa shape index (κ3) is 2.95. The van der Waals surface area contributed by atoms with Crippen LogP contribution in [0.4, 0.5) is 0 Å². The predicted molar refractivity (Wildman–Crippen MR) is 85.1 cm³/mol. The second-order valence-electron chi connectivity index (χ2n) is 5.26. The van der Waals surface area contributed by atoms with Gasteiger partial charge in [0, 0.05) is 31.5 Å². The van der Waals surface area contributed by atoms with Crippen molar-refractivity contribution >= 4 is 11.0 Å². The van der Waals surface area contributed by atoms with Gasteiger partial charge in [0.25, 0.3) is 0 Å². The van der Waals surface area contributed by atoms with Crippen molar-refractivity contribution in [2.75, 3.05) is 6.54 Å². The van der Waals surface area contributed by atoms with E-state index in [1.165, 1.54) is 11.1 Å². The number of pyridine rings is 1. The van der Waals surface area contributed by atoms with Crippen molar-refractivity contribution < 1.29 is 0 Å². The second-order valence-corrected chi connectivity index (χ2v) is 5.26. The van der Waals surface area contributed by atoms with E-state index in [1.807, 2.05) is 18.5 Å². The Hall–Kier alpha value is -2.20. The molecule has 2 aromatic heterocycles. The Bertz CT molecular complexity index is 718. The molecule has 3 aromatic rings. The number of nitrogens with zero attached hydrogens (tertiary/aromatic N) is 3. The topological polar surface area (TPSA) is 42.7 Å². The zero-order valence-corrected chi connectivity index (χ0v) is 12.5. The summed E-state index contributed by atoms with van der Waals surface area (Å²) in [4.78, 5) is 8.65. The minimum absolute atomic E-state index is 0.322. The Kier molecular flexibility index (Phi) is 3.97. The molecule has 0 aliphatic heterocycles. The van der Waals surface area contributed by atoms with Crippen molar-refractivity contribution in [1.82, 2.24) is 19.9 Å². The van der Waals surface area contributed by atoms with Gasteiger partial charge in [-0.05, 0) is 43.7 Å². The van der Waals surface area contributed by atoms with Gasteiger partial charge < -0.3 is 9.88 Å². The van der Waals surface area contributed by atoms with E-state index in [1.54, 1.807) is 0 Å². The maximum Gasteiger partial charge on any atom is 0.106 e. The summed E-state index contributed by atoms with van der Waals surface area (Å²) in [6.07, 6.45) is 3.67. The first kappa shape index (κ1) is 13.8. The van der Waals surface area contributed by atoms with Crippen LogP contribution in [0.25, 0.3) is 11.0 Å². The van der Waals surface area contributed by atoms with E-state index < -0.39 is 0 Å². The monoisotopic (exact) mass is 280 g/mol. The highest BCUT2D eigenvalue weighted by Crippen LogP contribution is 2.15. The molecule has 4 nitrogen and oxygen atoms in total. The first-order chi connectivity index (χ1) is 10.3. The van der Waals surface area contributed by atoms with Gasteiger partial charge >= 0.3 is 0 Å². The second kappa shape index (κ2) is 6.06. The predicted octanol–water partition coefficient (Wildman–Crippen LogP) is 3.09. The SMILES string of the molecule is Cc1nc2ccccc2n1CCNC(C)c1ccncc1. The number of nitrogens with one attached hydrogen (secondary N) is 1. The molecule has 0 saturated heterocycles. The highest BCUT2D eigenvalue weighted by atomic mass is 15.1. The number of fused-ring (bicyclic) bond motifs is 1. The van der Waals surface area contributed by atoms with Gasteiger partial charge in [0.05, 0.1) is 11.0 Å². The van der Waals surface area contributed by atoms with Gasteiger partial charge in [-0.25, -0.2) is 4.98 Å². The molecular weight excluding hydrogens is 260 g/mol. The zero-order valence-electron chi connectivity index (χ0n) is 12.5. The average molecular weight is 280 g/mol. The molecule has 21 heavy (non-hydrogen) atoms. The van der Waals surface area contributed by atoms with Gasteiger partial charge in [-0.2, -0.15) is 0 Å². The van der Waals surface area contributed by atoms with Crippen LogP contribution in [0.5, 0.6) is 0 Å². The lowest BCUT2D eigenvalue weighted by molar-refractivity contribution is 0.531. The van der Waals surface area contributed by atoms with E-state index in [0.717, 1.165) is 24.4 Å². The fourth-order valence-corrected chi connectivity index (χ4v) is 2.64. The van der Waals surface area contributed by atoms with Crippen LogP contribution in [0, 0.1) is 6.92 Å². The lowest BCUT2D eigenvalue weighted by atomic mass is 10.1. The van der Waals surface area contributed by atoms with Crippen molar-refractivity contribution in [1.29, 1.82) is 0 Å². The molecule has 0 spiro atoms. The van der Waals surface area contributed by atoms with Crippen LogP contribution in [0.1, 0.15) is 24.4 Å². The number of para-hydroxylation sites is 2. The zero-order chi connectivity index (χ0) is 14.7. The fourth-order valence-electron chi connectivity index (χ4n) is 2.64. The van der Waals surface area contributed by atoms with Crippen molar-refractivity contribution in [3.8, 4) is 0 Å². The van der Waals surface area contributed by atoms with Gasteiger partial charge in [0.15, 0.2) is 0 Å². The standard InChI is InChI=1S/C17H20N4/c1-13(15-7-9-18-10-8-15)19-11-12-21-14(2)20-16-5-3-4-6-17(16)21/h3-10,13,19H,11-12H2,1-2H3. The van der Waals surface area contributed by atoms with Gasteiger partial charge in [0.2, 0.25) is 0 Å². The quantitative estimate of drug-likeness (QED) is 0.781. The highest BCUT2D eigenvalue weighted by Gasteiger charge is 2.07. The third-order valence-electron chi connectivity index (χ3n) is 3.84. The molecule has 0 bridgehead atoms. The summed E-state index contributed by atoms with van der Waals surface area (Å²) in [6, 6.07) is 12.7. The average Bonchev–Trinajstić information content (AvgIpc) is 2.84. The fraction of sp³-hybridized carbons (Fsp3) is 0.294. The molecule has 1 atom stereocenters.